The molecule has 2 N–H and O–H groups in total. The van der Waals surface area contributed by atoms with E-state index in [0.29, 0.717) is 12.6 Å². The summed E-state index contributed by atoms with van der Waals surface area (Å²) in [5.74, 6) is 0.732. The average Bonchev–Trinajstić information content (AvgIpc) is 2.27. The van der Waals surface area contributed by atoms with Gasteiger partial charge in [0.15, 0.2) is 0 Å². The Bertz CT molecular complexity index is 304. The molecule has 1 aromatic carbocycles. The molecule has 4 heteroatoms. The van der Waals surface area contributed by atoms with E-state index in [1.807, 2.05) is 0 Å². The largest absolute Gasteiger partial charge is 0.387 e. The maximum Gasteiger partial charge on any atom is 0.123 e. The first kappa shape index (κ1) is 13.5. The number of rotatable bonds is 6. The average molecular weight is 243 g/mol. The van der Waals surface area contributed by atoms with Gasteiger partial charge in [-0.25, -0.2) is 4.39 Å². The van der Waals surface area contributed by atoms with Crippen LogP contribution in [0.2, 0.25) is 0 Å². The number of hydrogen-bond donors (Lipinski definition) is 2. The highest BCUT2D eigenvalue weighted by molar-refractivity contribution is 7.98. The molecule has 0 heterocycles. The zero-order valence-electron chi connectivity index (χ0n) is 9.61. The van der Waals surface area contributed by atoms with Gasteiger partial charge in [-0.15, -0.1) is 0 Å². The van der Waals surface area contributed by atoms with Gasteiger partial charge in [-0.3, -0.25) is 0 Å². The van der Waals surface area contributed by atoms with Crippen molar-refractivity contribution in [1.29, 1.82) is 0 Å². The first-order chi connectivity index (χ1) is 7.63. The monoisotopic (exact) mass is 243 g/mol. The molecule has 2 atom stereocenters. The van der Waals surface area contributed by atoms with Crippen molar-refractivity contribution in [1.82, 2.24) is 5.32 Å². The van der Waals surface area contributed by atoms with Gasteiger partial charge in [0.05, 0.1) is 6.10 Å². The quantitative estimate of drug-likeness (QED) is 0.803. The standard InChI is InChI=1S/C12H18FNOS/c1-9(8-16-2)14-7-12(15)10-3-5-11(13)6-4-10/h3-6,9,12,14-15H,7-8H2,1-2H3. The summed E-state index contributed by atoms with van der Waals surface area (Å²) in [5, 5.41) is 13.1. The van der Waals surface area contributed by atoms with E-state index in [1.165, 1.54) is 12.1 Å². The Balaban J connectivity index is 2.40. The van der Waals surface area contributed by atoms with Crippen molar-refractivity contribution >= 4 is 11.8 Å². The van der Waals surface area contributed by atoms with Crippen LogP contribution in [0.3, 0.4) is 0 Å². The van der Waals surface area contributed by atoms with Gasteiger partial charge in [-0.1, -0.05) is 12.1 Å². The van der Waals surface area contributed by atoms with Crippen LogP contribution in [-0.4, -0.2) is 29.7 Å². The predicted molar refractivity (Wildman–Crippen MR) is 67.2 cm³/mol. The second-order valence-electron chi connectivity index (χ2n) is 3.83. The van der Waals surface area contributed by atoms with Gasteiger partial charge in [-0.05, 0) is 30.9 Å². The zero-order chi connectivity index (χ0) is 12.0. The Kier molecular flexibility index (Phi) is 5.80. The van der Waals surface area contributed by atoms with Crippen LogP contribution in [0.1, 0.15) is 18.6 Å². The number of hydrogen-bond acceptors (Lipinski definition) is 3. The molecular weight excluding hydrogens is 225 g/mol. The minimum atomic E-state index is -0.579. The Labute approximate surface area is 100 Å². The van der Waals surface area contributed by atoms with Crippen LogP contribution in [0.4, 0.5) is 4.39 Å². The van der Waals surface area contributed by atoms with Gasteiger partial charge < -0.3 is 10.4 Å². The van der Waals surface area contributed by atoms with Crippen molar-refractivity contribution in [3.63, 3.8) is 0 Å². The van der Waals surface area contributed by atoms with E-state index >= 15 is 0 Å². The molecule has 1 rings (SSSR count). The molecule has 0 radical (unpaired) electrons. The summed E-state index contributed by atoms with van der Waals surface area (Å²) in [6, 6.07) is 6.32. The number of aliphatic hydroxyl groups is 1. The Morgan fingerprint density at radius 2 is 2.00 bits per heavy atom. The highest BCUT2D eigenvalue weighted by atomic mass is 32.2. The van der Waals surface area contributed by atoms with Crippen LogP contribution < -0.4 is 5.32 Å². The third-order valence-corrected chi connectivity index (χ3v) is 3.16. The van der Waals surface area contributed by atoms with Gasteiger partial charge in [0.25, 0.3) is 0 Å². The lowest BCUT2D eigenvalue weighted by Crippen LogP contribution is -2.32. The molecule has 0 aliphatic rings. The third-order valence-electron chi connectivity index (χ3n) is 2.33. The molecule has 2 nitrogen and oxygen atoms in total. The molecule has 0 fully saturated rings. The molecular formula is C12H18FNOS. The first-order valence-corrected chi connectivity index (χ1v) is 6.68. The molecule has 2 unspecified atom stereocenters. The van der Waals surface area contributed by atoms with E-state index < -0.39 is 6.10 Å². The summed E-state index contributed by atoms with van der Waals surface area (Å²) in [6.07, 6.45) is 1.47. The maximum absolute atomic E-state index is 12.7. The van der Waals surface area contributed by atoms with E-state index in [2.05, 4.69) is 18.5 Å². The smallest absolute Gasteiger partial charge is 0.123 e. The van der Waals surface area contributed by atoms with Crippen molar-refractivity contribution < 1.29 is 9.50 Å². The zero-order valence-corrected chi connectivity index (χ0v) is 10.4. The van der Waals surface area contributed by atoms with E-state index in [-0.39, 0.29) is 5.82 Å². The molecule has 0 amide bonds. The van der Waals surface area contributed by atoms with Crippen molar-refractivity contribution in [2.45, 2.75) is 19.1 Å². The van der Waals surface area contributed by atoms with Crippen LogP contribution in [0.5, 0.6) is 0 Å². The number of benzene rings is 1. The molecule has 0 aliphatic carbocycles. The Hall–Kier alpha value is -0.580. The summed E-state index contributed by atoms with van der Waals surface area (Å²) in [4.78, 5) is 0. The fourth-order valence-electron chi connectivity index (χ4n) is 1.42. The Morgan fingerprint density at radius 1 is 1.38 bits per heavy atom. The van der Waals surface area contributed by atoms with Gasteiger partial charge in [0.2, 0.25) is 0 Å². The molecule has 0 spiro atoms. The second-order valence-corrected chi connectivity index (χ2v) is 4.74. The van der Waals surface area contributed by atoms with E-state index in [0.717, 1.165) is 11.3 Å². The lowest BCUT2D eigenvalue weighted by molar-refractivity contribution is 0.172. The van der Waals surface area contributed by atoms with E-state index in [1.54, 1.807) is 23.9 Å². The lowest BCUT2D eigenvalue weighted by Gasteiger charge is -2.16. The van der Waals surface area contributed by atoms with Crippen molar-refractivity contribution in [2.24, 2.45) is 0 Å². The van der Waals surface area contributed by atoms with Crippen LogP contribution in [0.25, 0.3) is 0 Å². The van der Waals surface area contributed by atoms with Crippen molar-refractivity contribution in [3.05, 3.63) is 35.6 Å². The van der Waals surface area contributed by atoms with Gasteiger partial charge in [0.1, 0.15) is 5.82 Å². The van der Waals surface area contributed by atoms with Gasteiger partial charge >= 0.3 is 0 Å². The van der Waals surface area contributed by atoms with Crippen LogP contribution in [0, 0.1) is 5.82 Å². The SMILES string of the molecule is CSCC(C)NCC(O)c1ccc(F)cc1. The normalized spacial score (nSPS) is 14.8. The molecule has 0 aliphatic heterocycles. The number of halogens is 1. The van der Waals surface area contributed by atoms with Crippen LogP contribution in [0.15, 0.2) is 24.3 Å². The van der Waals surface area contributed by atoms with Crippen molar-refractivity contribution in [2.75, 3.05) is 18.6 Å². The van der Waals surface area contributed by atoms with Crippen LogP contribution >= 0.6 is 11.8 Å². The summed E-state index contributed by atoms with van der Waals surface area (Å²) in [5.41, 5.74) is 0.741. The van der Waals surface area contributed by atoms with E-state index in [9.17, 15) is 9.50 Å². The molecule has 90 valence electrons. The lowest BCUT2D eigenvalue weighted by atomic mass is 10.1. The van der Waals surface area contributed by atoms with Gasteiger partial charge in [0, 0.05) is 18.3 Å². The topological polar surface area (TPSA) is 32.3 Å². The molecule has 0 bridgehead atoms. The minimum Gasteiger partial charge on any atom is -0.387 e. The highest BCUT2D eigenvalue weighted by Gasteiger charge is 2.08. The molecule has 0 saturated heterocycles. The summed E-state index contributed by atoms with van der Waals surface area (Å²) < 4.78 is 12.7. The molecule has 0 aromatic heterocycles. The fourth-order valence-corrected chi connectivity index (χ4v) is 2.04. The van der Waals surface area contributed by atoms with Crippen LogP contribution in [-0.2, 0) is 0 Å². The number of nitrogens with one attached hydrogen (secondary N) is 1. The minimum absolute atomic E-state index is 0.278. The maximum atomic E-state index is 12.7. The van der Waals surface area contributed by atoms with Gasteiger partial charge in [-0.2, -0.15) is 11.8 Å². The molecule has 16 heavy (non-hydrogen) atoms. The molecule has 1 aromatic rings. The summed E-state index contributed by atoms with van der Waals surface area (Å²) in [6.45, 7) is 2.57. The fraction of sp³-hybridized carbons (Fsp3) is 0.500. The number of thioether (sulfide) groups is 1. The predicted octanol–water partition coefficient (Wildman–Crippen LogP) is 2.20. The van der Waals surface area contributed by atoms with Crippen molar-refractivity contribution in [3.8, 4) is 0 Å². The summed E-state index contributed by atoms with van der Waals surface area (Å²) >= 11 is 1.77. The Morgan fingerprint density at radius 3 is 2.56 bits per heavy atom. The third kappa shape index (κ3) is 4.51. The number of aliphatic hydroxyl groups excluding tert-OH is 1. The van der Waals surface area contributed by atoms with E-state index in [4.69, 9.17) is 0 Å². The first-order valence-electron chi connectivity index (χ1n) is 5.29. The second kappa shape index (κ2) is 6.89. The highest BCUT2D eigenvalue weighted by Crippen LogP contribution is 2.12. The summed E-state index contributed by atoms with van der Waals surface area (Å²) in [7, 11) is 0. The molecule has 0 saturated carbocycles.